The Morgan fingerprint density at radius 1 is 1.67 bits per heavy atom. The van der Waals surface area contributed by atoms with Crippen molar-refractivity contribution in [3.05, 3.63) is 0 Å². The highest BCUT2D eigenvalue weighted by molar-refractivity contribution is 14.1. The van der Waals surface area contributed by atoms with Crippen LogP contribution >= 0.6 is 22.6 Å². The van der Waals surface area contributed by atoms with Gasteiger partial charge in [0.1, 0.15) is 0 Å². The minimum absolute atomic E-state index is 0.337. The van der Waals surface area contributed by atoms with Gasteiger partial charge >= 0.3 is 5.97 Å². The van der Waals surface area contributed by atoms with Crippen molar-refractivity contribution in [3.63, 3.8) is 0 Å². The normalized spacial score (nSPS) is 41.8. The summed E-state index contributed by atoms with van der Waals surface area (Å²) in [7, 11) is 0. The number of carbonyl (C=O) groups is 1. The van der Waals surface area contributed by atoms with Crippen LogP contribution in [-0.4, -0.2) is 25.7 Å². The molecule has 0 aromatic carbocycles. The van der Waals surface area contributed by atoms with Crippen molar-refractivity contribution in [1.29, 1.82) is 0 Å². The lowest BCUT2D eigenvalue weighted by Crippen LogP contribution is -2.50. The largest absolute Gasteiger partial charge is 0.479 e. The van der Waals surface area contributed by atoms with Gasteiger partial charge in [0.25, 0.3) is 0 Å². The Balaban J connectivity index is 2.50. The summed E-state index contributed by atoms with van der Waals surface area (Å²) < 4.78 is 0.337. The van der Waals surface area contributed by atoms with Crippen molar-refractivity contribution in [1.82, 2.24) is 0 Å². The number of hydrogen-bond donors (Lipinski definition) is 2. The van der Waals surface area contributed by atoms with Crippen LogP contribution in [0.15, 0.2) is 0 Å². The molecule has 0 bridgehead atoms. The van der Waals surface area contributed by atoms with E-state index in [1.807, 2.05) is 0 Å². The monoisotopic (exact) mass is 242 g/mol. The second-order valence-electron chi connectivity index (χ2n) is 2.34. The number of rotatable bonds is 1. The van der Waals surface area contributed by atoms with Crippen molar-refractivity contribution in [2.75, 3.05) is 0 Å². The lowest BCUT2D eigenvalue weighted by atomic mass is 9.80. The fourth-order valence-electron chi connectivity index (χ4n) is 0.848. The summed E-state index contributed by atoms with van der Waals surface area (Å²) in [5.74, 6) is -1.09. The topological polar surface area (TPSA) is 57.5 Å². The Morgan fingerprint density at radius 2 is 2.11 bits per heavy atom. The highest BCUT2D eigenvalue weighted by atomic mass is 127. The van der Waals surface area contributed by atoms with Crippen LogP contribution in [0.25, 0.3) is 0 Å². The molecular formula is C5H7IO3. The third-order valence-electron chi connectivity index (χ3n) is 1.52. The summed E-state index contributed by atoms with van der Waals surface area (Å²) in [5.41, 5.74) is -1.40. The Morgan fingerprint density at radius 3 is 2.22 bits per heavy atom. The summed E-state index contributed by atoms with van der Waals surface area (Å²) in [5, 5.41) is 17.4. The van der Waals surface area contributed by atoms with Crippen LogP contribution in [0.2, 0.25) is 0 Å². The molecule has 1 aliphatic rings. The van der Waals surface area contributed by atoms with Crippen molar-refractivity contribution in [2.45, 2.75) is 22.4 Å². The molecule has 2 N–H and O–H groups in total. The molecule has 0 amide bonds. The van der Waals surface area contributed by atoms with E-state index in [1.165, 1.54) is 0 Å². The van der Waals surface area contributed by atoms with Crippen LogP contribution in [0.5, 0.6) is 0 Å². The average Bonchev–Trinajstić information content (AvgIpc) is 1.62. The third kappa shape index (κ3) is 1.19. The van der Waals surface area contributed by atoms with Gasteiger partial charge in [-0.25, -0.2) is 4.79 Å². The molecule has 1 aliphatic carbocycles. The SMILES string of the molecule is O=C(O)C1(O)CC(I)C1. The van der Waals surface area contributed by atoms with Gasteiger partial charge in [-0.2, -0.15) is 0 Å². The van der Waals surface area contributed by atoms with E-state index in [4.69, 9.17) is 10.2 Å². The highest BCUT2D eigenvalue weighted by Gasteiger charge is 2.47. The maximum Gasteiger partial charge on any atom is 0.335 e. The highest BCUT2D eigenvalue weighted by Crippen LogP contribution is 2.37. The van der Waals surface area contributed by atoms with Crippen molar-refractivity contribution >= 4 is 28.6 Å². The van der Waals surface area contributed by atoms with E-state index in [2.05, 4.69) is 22.6 Å². The average molecular weight is 242 g/mol. The summed E-state index contributed by atoms with van der Waals surface area (Å²) in [6.07, 6.45) is 0.784. The van der Waals surface area contributed by atoms with Crippen LogP contribution in [-0.2, 0) is 4.79 Å². The minimum atomic E-state index is -1.40. The van der Waals surface area contributed by atoms with Gasteiger partial charge in [-0.1, -0.05) is 22.6 Å². The van der Waals surface area contributed by atoms with Gasteiger partial charge in [0.2, 0.25) is 0 Å². The molecule has 9 heavy (non-hydrogen) atoms. The predicted molar refractivity (Wildman–Crippen MR) is 39.6 cm³/mol. The van der Waals surface area contributed by atoms with E-state index in [-0.39, 0.29) is 0 Å². The maximum atomic E-state index is 10.2. The molecule has 52 valence electrons. The summed E-state index contributed by atoms with van der Waals surface area (Å²) in [6.45, 7) is 0. The van der Waals surface area contributed by atoms with Crippen molar-refractivity contribution < 1.29 is 15.0 Å². The van der Waals surface area contributed by atoms with Crippen LogP contribution in [0.4, 0.5) is 0 Å². The molecular weight excluding hydrogens is 235 g/mol. The molecule has 0 atom stereocenters. The summed E-state index contributed by atoms with van der Waals surface area (Å²) in [4.78, 5) is 10.2. The van der Waals surface area contributed by atoms with Crippen molar-refractivity contribution in [2.24, 2.45) is 0 Å². The maximum absolute atomic E-state index is 10.2. The Hall–Kier alpha value is 0.160. The van der Waals surface area contributed by atoms with Gasteiger partial charge in [0.15, 0.2) is 5.60 Å². The molecule has 4 heteroatoms. The molecule has 0 aromatic heterocycles. The van der Waals surface area contributed by atoms with E-state index in [1.54, 1.807) is 0 Å². The van der Waals surface area contributed by atoms with Crippen molar-refractivity contribution in [3.8, 4) is 0 Å². The minimum Gasteiger partial charge on any atom is -0.479 e. The molecule has 0 saturated heterocycles. The number of alkyl halides is 1. The molecule has 0 aromatic rings. The molecule has 0 heterocycles. The first-order valence-electron chi connectivity index (χ1n) is 2.64. The fraction of sp³-hybridized carbons (Fsp3) is 0.800. The number of carboxylic acid groups (broad SMARTS) is 1. The smallest absolute Gasteiger partial charge is 0.335 e. The fourth-order valence-corrected chi connectivity index (χ4v) is 2.30. The van der Waals surface area contributed by atoms with Crippen LogP contribution in [0.3, 0.4) is 0 Å². The Kier molecular flexibility index (Phi) is 1.69. The first-order valence-corrected chi connectivity index (χ1v) is 3.89. The van der Waals surface area contributed by atoms with E-state index < -0.39 is 11.6 Å². The Labute approximate surface area is 66.2 Å². The van der Waals surface area contributed by atoms with E-state index in [9.17, 15) is 4.79 Å². The number of hydrogen-bond acceptors (Lipinski definition) is 2. The molecule has 0 spiro atoms. The summed E-state index contributed by atoms with van der Waals surface area (Å²) >= 11 is 2.13. The Bertz CT molecular complexity index is 139. The van der Waals surface area contributed by atoms with E-state index in [0.29, 0.717) is 16.8 Å². The van der Waals surface area contributed by atoms with Crippen LogP contribution in [0, 0.1) is 0 Å². The number of aliphatic hydroxyl groups is 1. The van der Waals surface area contributed by atoms with Gasteiger partial charge in [-0.3, -0.25) is 0 Å². The van der Waals surface area contributed by atoms with Gasteiger partial charge in [-0.15, -0.1) is 0 Å². The van der Waals surface area contributed by atoms with Crippen LogP contribution < -0.4 is 0 Å². The molecule has 0 aliphatic heterocycles. The van der Waals surface area contributed by atoms with Gasteiger partial charge in [0, 0.05) is 3.92 Å². The lowest BCUT2D eigenvalue weighted by Gasteiger charge is -2.36. The van der Waals surface area contributed by atoms with Crippen LogP contribution in [0.1, 0.15) is 12.8 Å². The molecule has 1 rings (SSSR count). The zero-order valence-electron chi connectivity index (χ0n) is 4.67. The molecule has 1 fully saturated rings. The molecule has 1 saturated carbocycles. The molecule has 0 radical (unpaired) electrons. The lowest BCUT2D eigenvalue weighted by molar-refractivity contribution is -0.166. The second kappa shape index (κ2) is 2.09. The van der Waals surface area contributed by atoms with Gasteiger partial charge in [-0.05, 0) is 12.8 Å². The standard InChI is InChI=1S/C5H7IO3/c6-3-1-5(9,2-3)4(7)8/h3,9H,1-2H2,(H,7,8). The van der Waals surface area contributed by atoms with Gasteiger partial charge in [0.05, 0.1) is 0 Å². The third-order valence-corrected chi connectivity index (χ3v) is 2.40. The predicted octanol–water partition coefficient (Wildman–Crippen LogP) is 0.399. The number of carboxylic acids is 1. The van der Waals surface area contributed by atoms with E-state index in [0.717, 1.165) is 0 Å². The second-order valence-corrected chi connectivity index (χ2v) is 4.10. The zero-order chi connectivity index (χ0) is 7.07. The first-order chi connectivity index (χ1) is 4.04. The zero-order valence-corrected chi connectivity index (χ0v) is 6.83. The van der Waals surface area contributed by atoms with E-state index >= 15 is 0 Å². The summed E-state index contributed by atoms with van der Waals surface area (Å²) in [6, 6.07) is 0. The van der Waals surface area contributed by atoms with Gasteiger partial charge < -0.3 is 10.2 Å². The quantitative estimate of drug-likeness (QED) is 0.516. The number of halogens is 1. The first kappa shape index (κ1) is 7.27. The molecule has 0 unspecified atom stereocenters. The number of aliphatic carboxylic acids is 1. The molecule has 3 nitrogen and oxygen atoms in total.